The summed E-state index contributed by atoms with van der Waals surface area (Å²) in [5.41, 5.74) is 0. The van der Waals surface area contributed by atoms with Gasteiger partial charge in [-0.1, -0.05) is 11.6 Å². The standard InChI is InChI=1S/C10H18ClN3O4S/c1-4-17-8(18-5-2)6-13-19(15,16)10-9(11)14(3)7-12-10/h7-8,13H,4-6H2,1-3H3. The number of hydrogen-bond acceptors (Lipinski definition) is 5. The van der Waals surface area contributed by atoms with Gasteiger partial charge in [0, 0.05) is 20.3 Å². The van der Waals surface area contributed by atoms with Crippen LogP contribution in [0.2, 0.25) is 5.15 Å². The Hall–Kier alpha value is -0.670. The average Bonchev–Trinajstić information content (AvgIpc) is 2.68. The largest absolute Gasteiger partial charge is 0.352 e. The van der Waals surface area contributed by atoms with E-state index in [9.17, 15) is 8.42 Å². The summed E-state index contributed by atoms with van der Waals surface area (Å²) in [6.45, 7) is 4.46. The third kappa shape index (κ3) is 4.43. The SMILES string of the molecule is CCOC(CNS(=O)(=O)c1ncn(C)c1Cl)OCC. The fourth-order valence-electron chi connectivity index (χ4n) is 1.36. The number of nitrogens with zero attached hydrogens (tertiary/aromatic N) is 2. The number of rotatable bonds is 8. The molecule has 0 radical (unpaired) electrons. The van der Waals surface area contributed by atoms with Crippen LogP contribution in [0.3, 0.4) is 0 Å². The molecule has 7 nitrogen and oxygen atoms in total. The first-order valence-corrected chi connectivity index (χ1v) is 7.68. The van der Waals surface area contributed by atoms with Gasteiger partial charge in [-0.05, 0) is 13.8 Å². The monoisotopic (exact) mass is 311 g/mol. The molecule has 19 heavy (non-hydrogen) atoms. The van der Waals surface area contributed by atoms with Crippen LogP contribution >= 0.6 is 11.6 Å². The molecule has 0 atom stereocenters. The van der Waals surface area contributed by atoms with Gasteiger partial charge in [0.05, 0.1) is 12.9 Å². The van der Waals surface area contributed by atoms with Crippen molar-refractivity contribution >= 4 is 21.6 Å². The molecule has 0 aliphatic carbocycles. The minimum Gasteiger partial charge on any atom is -0.352 e. The smallest absolute Gasteiger partial charge is 0.261 e. The van der Waals surface area contributed by atoms with E-state index in [-0.39, 0.29) is 16.7 Å². The number of aryl methyl sites for hydroxylation is 1. The molecule has 0 aliphatic heterocycles. The topological polar surface area (TPSA) is 82.5 Å². The highest BCUT2D eigenvalue weighted by Gasteiger charge is 2.23. The summed E-state index contributed by atoms with van der Waals surface area (Å²) >= 11 is 5.85. The van der Waals surface area contributed by atoms with Gasteiger partial charge in [0.25, 0.3) is 10.0 Å². The maximum absolute atomic E-state index is 12.0. The van der Waals surface area contributed by atoms with Crippen LogP contribution in [-0.2, 0) is 26.5 Å². The molecular formula is C10H18ClN3O4S. The Morgan fingerprint density at radius 3 is 2.42 bits per heavy atom. The normalized spacial score (nSPS) is 12.3. The van der Waals surface area contributed by atoms with Crippen LogP contribution in [0.25, 0.3) is 0 Å². The van der Waals surface area contributed by atoms with E-state index in [1.807, 2.05) is 0 Å². The van der Waals surface area contributed by atoms with Crippen molar-refractivity contribution < 1.29 is 17.9 Å². The average molecular weight is 312 g/mol. The lowest BCUT2D eigenvalue weighted by Crippen LogP contribution is -2.35. The molecule has 0 amide bonds. The fraction of sp³-hybridized carbons (Fsp3) is 0.700. The van der Waals surface area contributed by atoms with Crippen LogP contribution in [0.1, 0.15) is 13.8 Å². The van der Waals surface area contributed by atoms with Crippen LogP contribution in [0, 0.1) is 0 Å². The number of ether oxygens (including phenoxy) is 2. The number of halogens is 1. The Morgan fingerprint density at radius 1 is 1.42 bits per heavy atom. The molecule has 0 aliphatic rings. The van der Waals surface area contributed by atoms with Crippen LogP contribution < -0.4 is 4.72 Å². The summed E-state index contributed by atoms with van der Waals surface area (Å²) in [4.78, 5) is 3.76. The van der Waals surface area contributed by atoms with Crippen LogP contribution in [0.4, 0.5) is 0 Å². The van der Waals surface area contributed by atoms with Crippen LogP contribution in [-0.4, -0.2) is 44.0 Å². The van der Waals surface area contributed by atoms with E-state index in [2.05, 4.69) is 9.71 Å². The highest BCUT2D eigenvalue weighted by molar-refractivity contribution is 7.89. The van der Waals surface area contributed by atoms with E-state index in [4.69, 9.17) is 21.1 Å². The predicted octanol–water partition coefficient (Wildman–Crippen LogP) is 0.751. The van der Waals surface area contributed by atoms with Crippen molar-refractivity contribution in [3.63, 3.8) is 0 Å². The summed E-state index contributed by atoms with van der Waals surface area (Å²) in [6.07, 6.45) is 0.701. The maximum atomic E-state index is 12.0. The molecule has 0 spiro atoms. The zero-order valence-corrected chi connectivity index (χ0v) is 12.7. The Kier molecular flexibility index (Phi) is 6.21. The molecule has 0 fully saturated rings. The minimum absolute atomic E-state index is 0.00306. The molecule has 1 aromatic rings. The molecule has 0 bridgehead atoms. The van der Waals surface area contributed by atoms with E-state index in [0.29, 0.717) is 13.2 Å². The van der Waals surface area contributed by atoms with Gasteiger partial charge in [0.15, 0.2) is 6.29 Å². The van der Waals surface area contributed by atoms with Gasteiger partial charge < -0.3 is 14.0 Å². The Bertz CT molecular complexity index is 497. The van der Waals surface area contributed by atoms with Gasteiger partial charge in [-0.3, -0.25) is 0 Å². The van der Waals surface area contributed by atoms with E-state index in [1.165, 1.54) is 10.9 Å². The molecule has 1 aromatic heterocycles. The Morgan fingerprint density at radius 2 is 2.00 bits per heavy atom. The summed E-state index contributed by atoms with van der Waals surface area (Å²) in [6, 6.07) is 0. The first kappa shape index (κ1) is 16.4. The van der Waals surface area contributed by atoms with Gasteiger partial charge in [-0.2, -0.15) is 0 Å². The van der Waals surface area contributed by atoms with E-state index >= 15 is 0 Å². The van der Waals surface area contributed by atoms with Crippen molar-refractivity contribution in [1.29, 1.82) is 0 Å². The molecule has 1 heterocycles. The third-order valence-electron chi connectivity index (χ3n) is 2.23. The highest BCUT2D eigenvalue weighted by atomic mass is 35.5. The second-order valence-electron chi connectivity index (χ2n) is 3.64. The predicted molar refractivity (Wildman–Crippen MR) is 70.4 cm³/mol. The molecule has 1 N–H and O–H groups in total. The van der Waals surface area contributed by atoms with E-state index < -0.39 is 16.3 Å². The van der Waals surface area contributed by atoms with Crippen molar-refractivity contribution in [1.82, 2.24) is 14.3 Å². The van der Waals surface area contributed by atoms with Gasteiger partial charge >= 0.3 is 0 Å². The second-order valence-corrected chi connectivity index (χ2v) is 5.68. The van der Waals surface area contributed by atoms with Crippen molar-refractivity contribution in [3.8, 4) is 0 Å². The van der Waals surface area contributed by atoms with Gasteiger partial charge in [0.1, 0.15) is 5.15 Å². The fourth-order valence-corrected chi connectivity index (χ4v) is 2.80. The highest BCUT2D eigenvalue weighted by Crippen LogP contribution is 2.18. The summed E-state index contributed by atoms with van der Waals surface area (Å²) < 4.78 is 38.3. The van der Waals surface area contributed by atoms with Gasteiger partial charge in [-0.25, -0.2) is 18.1 Å². The second kappa shape index (κ2) is 7.20. The van der Waals surface area contributed by atoms with Gasteiger partial charge in [0.2, 0.25) is 5.03 Å². The zero-order valence-electron chi connectivity index (χ0n) is 11.1. The van der Waals surface area contributed by atoms with E-state index in [1.54, 1.807) is 20.9 Å². The maximum Gasteiger partial charge on any atom is 0.261 e. The molecule has 0 aromatic carbocycles. The zero-order chi connectivity index (χ0) is 14.5. The first-order chi connectivity index (χ1) is 8.92. The van der Waals surface area contributed by atoms with Crippen LogP contribution in [0.5, 0.6) is 0 Å². The molecule has 9 heteroatoms. The molecule has 0 unspecified atom stereocenters. The van der Waals surface area contributed by atoms with Crippen molar-refractivity contribution in [2.75, 3.05) is 19.8 Å². The number of nitrogens with one attached hydrogen (secondary N) is 1. The lowest BCUT2D eigenvalue weighted by atomic mass is 10.6. The summed E-state index contributed by atoms with van der Waals surface area (Å²) in [5.74, 6) is 0. The summed E-state index contributed by atoms with van der Waals surface area (Å²) in [7, 11) is -2.17. The molecule has 110 valence electrons. The number of sulfonamides is 1. The van der Waals surface area contributed by atoms with E-state index in [0.717, 1.165) is 0 Å². The van der Waals surface area contributed by atoms with Crippen molar-refractivity contribution in [2.45, 2.75) is 25.2 Å². The minimum atomic E-state index is -3.78. The number of hydrogen-bond donors (Lipinski definition) is 1. The molecule has 0 saturated carbocycles. The lowest BCUT2D eigenvalue weighted by molar-refractivity contribution is -0.130. The molecule has 1 rings (SSSR count). The number of aromatic nitrogens is 2. The Labute approximate surface area is 117 Å². The Balaban J connectivity index is 2.72. The number of imidazole rings is 1. The molecule has 0 saturated heterocycles. The third-order valence-corrected chi connectivity index (χ3v) is 4.15. The summed E-state index contributed by atoms with van der Waals surface area (Å²) in [5, 5.41) is -0.153. The first-order valence-electron chi connectivity index (χ1n) is 5.82. The quantitative estimate of drug-likeness (QED) is 0.716. The lowest BCUT2D eigenvalue weighted by Gasteiger charge is -2.17. The van der Waals surface area contributed by atoms with Crippen LogP contribution in [0.15, 0.2) is 11.4 Å². The van der Waals surface area contributed by atoms with Crippen molar-refractivity contribution in [3.05, 3.63) is 11.5 Å². The molecular weight excluding hydrogens is 294 g/mol. The van der Waals surface area contributed by atoms with Gasteiger partial charge in [-0.15, -0.1) is 0 Å². The van der Waals surface area contributed by atoms with Crippen molar-refractivity contribution in [2.24, 2.45) is 7.05 Å².